The van der Waals surface area contributed by atoms with Crippen molar-refractivity contribution in [2.75, 3.05) is 14.2 Å². The molecule has 16 heavy (non-hydrogen) atoms. The average Bonchev–Trinajstić information content (AvgIpc) is 2.36. The number of benzene rings is 1. The summed E-state index contributed by atoms with van der Waals surface area (Å²) in [5, 5.41) is 12.1. The van der Waals surface area contributed by atoms with E-state index >= 15 is 0 Å². The van der Waals surface area contributed by atoms with Crippen LogP contribution in [0.2, 0.25) is 0 Å². The van der Waals surface area contributed by atoms with Crippen molar-refractivity contribution in [3.8, 4) is 11.5 Å². The first-order valence-electron chi connectivity index (χ1n) is 5.22. The van der Waals surface area contributed by atoms with Gasteiger partial charge in [0.1, 0.15) is 0 Å². The molecule has 0 aromatic heterocycles. The van der Waals surface area contributed by atoms with E-state index in [9.17, 15) is 0 Å². The van der Waals surface area contributed by atoms with E-state index in [-0.39, 0.29) is 0 Å². The van der Waals surface area contributed by atoms with Crippen molar-refractivity contribution in [3.05, 3.63) is 23.3 Å². The fourth-order valence-electron chi connectivity index (χ4n) is 2.03. The molecule has 1 aliphatic carbocycles. The Morgan fingerprint density at radius 3 is 2.25 bits per heavy atom. The predicted octanol–water partition coefficient (Wildman–Crippen LogP) is 2.02. The lowest BCUT2D eigenvalue weighted by molar-refractivity contribution is 0.316. The van der Waals surface area contributed by atoms with E-state index in [0.717, 1.165) is 35.6 Å². The lowest BCUT2D eigenvalue weighted by atomic mass is 9.90. The van der Waals surface area contributed by atoms with E-state index in [1.54, 1.807) is 14.2 Å². The van der Waals surface area contributed by atoms with E-state index in [1.165, 1.54) is 5.56 Å². The van der Waals surface area contributed by atoms with Gasteiger partial charge < -0.3 is 14.7 Å². The number of ether oxygens (including phenoxy) is 2. The molecule has 4 nitrogen and oxygen atoms in total. The molecular weight excluding hydrogens is 206 g/mol. The monoisotopic (exact) mass is 221 g/mol. The van der Waals surface area contributed by atoms with Crippen LogP contribution >= 0.6 is 0 Å². The van der Waals surface area contributed by atoms with Crippen LogP contribution in [0.5, 0.6) is 11.5 Å². The Bertz CT molecular complexity index is 427. The van der Waals surface area contributed by atoms with E-state index in [1.807, 2.05) is 12.1 Å². The summed E-state index contributed by atoms with van der Waals surface area (Å²) >= 11 is 0. The van der Waals surface area contributed by atoms with Gasteiger partial charge in [-0.15, -0.1) is 0 Å². The second-order valence-electron chi connectivity index (χ2n) is 3.82. The van der Waals surface area contributed by atoms with Gasteiger partial charge in [-0.05, 0) is 36.1 Å². The summed E-state index contributed by atoms with van der Waals surface area (Å²) in [6.07, 6.45) is 2.38. The van der Waals surface area contributed by atoms with Gasteiger partial charge in [0.2, 0.25) is 0 Å². The number of methoxy groups -OCH3 is 2. The molecule has 0 radical (unpaired) electrons. The molecule has 0 bridgehead atoms. The van der Waals surface area contributed by atoms with Gasteiger partial charge in [0.05, 0.1) is 19.9 Å². The van der Waals surface area contributed by atoms with Crippen LogP contribution in [0, 0.1) is 0 Å². The highest BCUT2D eigenvalue weighted by molar-refractivity contribution is 5.88. The van der Waals surface area contributed by atoms with Gasteiger partial charge in [-0.2, -0.15) is 0 Å². The standard InChI is InChI=1S/C12H15NO3/c1-15-11-6-8-3-4-10(13-14)5-9(8)7-12(11)16-2/h6-7,14H,3-5H2,1-2H3/b13-10+. The average molecular weight is 221 g/mol. The third kappa shape index (κ3) is 1.83. The highest BCUT2D eigenvalue weighted by Crippen LogP contribution is 2.33. The summed E-state index contributed by atoms with van der Waals surface area (Å²) in [5.74, 6) is 1.48. The molecule has 1 aromatic rings. The zero-order chi connectivity index (χ0) is 11.5. The number of nitrogens with zero attached hydrogens (tertiary/aromatic N) is 1. The Hall–Kier alpha value is -1.71. The predicted molar refractivity (Wildman–Crippen MR) is 60.8 cm³/mol. The molecule has 0 heterocycles. The highest BCUT2D eigenvalue weighted by atomic mass is 16.5. The molecule has 0 amide bonds. The van der Waals surface area contributed by atoms with Crippen LogP contribution in [0.1, 0.15) is 17.5 Å². The second-order valence-corrected chi connectivity index (χ2v) is 3.82. The minimum atomic E-state index is 0.687. The van der Waals surface area contributed by atoms with Crippen LogP contribution < -0.4 is 9.47 Å². The number of aryl methyl sites for hydroxylation is 1. The van der Waals surface area contributed by atoms with Crippen LogP contribution in [0.4, 0.5) is 0 Å². The topological polar surface area (TPSA) is 51.0 Å². The lowest BCUT2D eigenvalue weighted by Gasteiger charge is -2.19. The van der Waals surface area contributed by atoms with Crippen LogP contribution in [0.15, 0.2) is 17.3 Å². The Morgan fingerprint density at radius 1 is 1.06 bits per heavy atom. The Morgan fingerprint density at radius 2 is 1.69 bits per heavy atom. The molecule has 86 valence electrons. The molecule has 1 N–H and O–H groups in total. The minimum absolute atomic E-state index is 0.687. The van der Waals surface area contributed by atoms with Crippen molar-refractivity contribution in [1.82, 2.24) is 0 Å². The Balaban J connectivity index is 2.41. The number of hydrogen-bond donors (Lipinski definition) is 1. The van der Waals surface area contributed by atoms with Crippen molar-refractivity contribution in [3.63, 3.8) is 0 Å². The summed E-state index contributed by atoms with van der Waals surface area (Å²) in [7, 11) is 3.25. The maximum Gasteiger partial charge on any atom is 0.161 e. The molecule has 0 saturated carbocycles. The molecule has 1 aliphatic rings. The first kappa shape index (κ1) is 10.8. The van der Waals surface area contributed by atoms with Gasteiger partial charge in [0, 0.05) is 6.42 Å². The highest BCUT2D eigenvalue weighted by Gasteiger charge is 2.18. The molecule has 0 fully saturated rings. The number of rotatable bonds is 2. The lowest BCUT2D eigenvalue weighted by Crippen LogP contribution is -2.14. The largest absolute Gasteiger partial charge is 0.493 e. The fraction of sp³-hybridized carbons (Fsp3) is 0.417. The zero-order valence-electron chi connectivity index (χ0n) is 9.49. The molecule has 2 rings (SSSR count). The number of hydrogen-bond acceptors (Lipinski definition) is 4. The summed E-state index contributed by atoms with van der Waals surface area (Å²) in [6, 6.07) is 3.96. The van der Waals surface area contributed by atoms with Crippen molar-refractivity contribution in [1.29, 1.82) is 0 Å². The molecule has 0 aliphatic heterocycles. The van der Waals surface area contributed by atoms with E-state index in [4.69, 9.17) is 14.7 Å². The molecule has 1 aromatic carbocycles. The van der Waals surface area contributed by atoms with Crippen LogP contribution in [-0.4, -0.2) is 25.1 Å². The third-order valence-corrected chi connectivity index (χ3v) is 2.92. The van der Waals surface area contributed by atoms with Crippen molar-refractivity contribution < 1.29 is 14.7 Å². The van der Waals surface area contributed by atoms with Gasteiger partial charge in [0.15, 0.2) is 11.5 Å². The maximum atomic E-state index is 8.78. The quantitative estimate of drug-likeness (QED) is 0.614. The summed E-state index contributed by atoms with van der Waals surface area (Å²) in [5.41, 5.74) is 3.21. The first-order valence-corrected chi connectivity index (χ1v) is 5.22. The van der Waals surface area contributed by atoms with Gasteiger partial charge in [-0.3, -0.25) is 0 Å². The van der Waals surface area contributed by atoms with Crippen molar-refractivity contribution in [2.24, 2.45) is 5.16 Å². The molecular formula is C12H15NO3. The number of oxime groups is 1. The Labute approximate surface area is 94.5 Å². The van der Waals surface area contributed by atoms with Crippen LogP contribution in [0.25, 0.3) is 0 Å². The zero-order valence-corrected chi connectivity index (χ0v) is 9.49. The molecule has 0 atom stereocenters. The van der Waals surface area contributed by atoms with Gasteiger partial charge in [0.25, 0.3) is 0 Å². The third-order valence-electron chi connectivity index (χ3n) is 2.92. The summed E-state index contributed by atoms with van der Waals surface area (Å²) < 4.78 is 10.5. The van der Waals surface area contributed by atoms with E-state index in [2.05, 4.69) is 5.16 Å². The fourth-order valence-corrected chi connectivity index (χ4v) is 2.03. The number of fused-ring (bicyclic) bond motifs is 1. The van der Waals surface area contributed by atoms with Gasteiger partial charge >= 0.3 is 0 Å². The minimum Gasteiger partial charge on any atom is -0.493 e. The smallest absolute Gasteiger partial charge is 0.161 e. The van der Waals surface area contributed by atoms with Crippen molar-refractivity contribution in [2.45, 2.75) is 19.3 Å². The second kappa shape index (κ2) is 4.43. The molecule has 0 spiro atoms. The molecule has 0 unspecified atom stereocenters. The van der Waals surface area contributed by atoms with Gasteiger partial charge in [-0.1, -0.05) is 5.16 Å². The summed E-state index contributed by atoms with van der Waals surface area (Å²) in [4.78, 5) is 0. The van der Waals surface area contributed by atoms with E-state index in [0.29, 0.717) is 6.42 Å². The maximum absolute atomic E-state index is 8.78. The van der Waals surface area contributed by atoms with Gasteiger partial charge in [-0.25, -0.2) is 0 Å². The van der Waals surface area contributed by atoms with E-state index < -0.39 is 0 Å². The van der Waals surface area contributed by atoms with Crippen molar-refractivity contribution >= 4 is 5.71 Å². The normalized spacial score (nSPS) is 17.0. The van der Waals surface area contributed by atoms with Crippen LogP contribution in [-0.2, 0) is 12.8 Å². The SMILES string of the molecule is COc1cc2c(cc1OC)C/C(=N/O)CC2. The molecule has 4 heteroatoms. The van der Waals surface area contributed by atoms with Crippen LogP contribution in [0.3, 0.4) is 0 Å². The first-order chi connectivity index (χ1) is 7.78. The summed E-state index contributed by atoms with van der Waals surface area (Å²) in [6.45, 7) is 0. The molecule has 0 saturated heterocycles. The Kier molecular flexibility index (Phi) is 2.99.